The highest BCUT2D eigenvalue weighted by Gasteiger charge is 2.08. The summed E-state index contributed by atoms with van der Waals surface area (Å²) in [6.07, 6.45) is 0. The van der Waals surface area contributed by atoms with E-state index in [9.17, 15) is 5.11 Å². The van der Waals surface area contributed by atoms with Crippen LogP contribution in [-0.4, -0.2) is 19.3 Å². The molecule has 0 spiro atoms. The molecule has 2 aromatic rings. The van der Waals surface area contributed by atoms with Crippen LogP contribution in [-0.2, 0) is 13.2 Å². The second kappa shape index (κ2) is 6.44. The second-order valence-electron chi connectivity index (χ2n) is 5.00. The number of rotatable bonds is 5. The third-order valence-corrected chi connectivity index (χ3v) is 3.38. The molecule has 2 rings (SSSR count). The number of methoxy groups -OCH3 is 1. The number of nitrogens with zero attached hydrogens (tertiary/aromatic N) is 1. The zero-order valence-corrected chi connectivity index (χ0v) is 12.3. The first kappa shape index (κ1) is 14.4. The number of aryl methyl sites for hydroxylation is 1. The summed E-state index contributed by atoms with van der Waals surface area (Å²) in [6, 6.07) is 14.2. The van der Waals surface area contributed by atoms with Crippen LogP contribution in [0.5, 0.6) is 5.75 Å². The average molecular weight is 271 g/mol. The number of anilines is 1. The van der Waals surface area contributed by atoms with Crippen LogP contribution in [0.3, 0.4) is 0 Å². The van der Waals surface area contributed by atoms with Gasteiger partial charge in [0.2, 0.25) is 0 Å². The Kier molecular flexibility index (Phi) is 4.64. The van der Waals surface area contributed by atoms with Crippen LogP contribution in [0.1, 0.15) is 16.7 Å². The molecule has 0 saturated carbocycles. The van der Waals surface area contributed by atoms with E-state index in [-0.39, 0.29) is 6.61 Å². The standard InChI is InChI=1S/C17H21NO2/c1-13-5-4-6-16(9-13)18(2)11-15-10-14(12-19)7-8-17(15)20-3/h4-10,19H,11-12H2,1-3H3. The van der Waals surface area contributed by atoms with Crippen molar-refractivity contribution >= 4 is 5.69 Å². The van der Waals surface area contributed by atoms with Gasteiger partial charge in [0.05, 0.1) is 13.7 Å². The number of ether oxygens (including phenoxy) is 1. The van der Waals surface area contributed by atoms with E-state index in [2.05, 4.69) is 43.1 Å². The zero-order chi connectivity index (χ0) is 14.5. The van der Waals surface area contributed by atoms with E-state index in [1.165, 1.54) is 11.3 Å². The molecular weight excluding hydrogens is 250 g/mol. The van der Waals surface area contributed by atoms with Crippen molar-refractivity contribution in [3.8, 4) is 5.75 Å². The Morgan fingerprint density at radius 1 is 1.15 bits per heavy atom. The monoisotopic (exact) mass is 271 g/mol. The van der Waals surface area contributed by atoms with Gasteiger partial charge < -0.3 is 14.7 Å². The highest BCUT2D eigenvalue weighted by atomic mass is 16.5. The molecule has 0 bridgehead atoms. The topological polar surface area (TPSA) is 32.7 Å². The minimum atomic E-state index is 0.0468. The van der Waals surface area contributed by atoms with Crippen LogP contribution < -0.4 is 9.64 Å². The van der Waals surface area contributed by atoms with E-state index in [0.717, 1.165) is 23.4 Å². The minimum absolute atomic E-state index is 0.0468. The van der Waals surface area contributed by atoms with Gasteiger partial charge in [0.25, 0.3) is 0 Å². The number of hydrogen-bond donors (Lipinski definition) is 1. The number of aliphatic hydroxyl groups is 1. The average Bonchev–Trinajstić information content (AvgIpc) is 2.47. The molecule has 0 fully saturated rings. The van der Waals surface area contributed by atoms with Crippen molar-refractivity contribution in [1.29, 1.82) is 0 Å². The largest absolute Gasteiger partial charge is 0.496 e. The van der Waals surface area contributed by atoms with Crippen LogP contribution in [0.15, 0.2) is 42.5 Å². The minimum Gasteiger partial charge on any atom is -0.496 e. The Morgan fingerprint density at radius 2 is 1.95 bits per heavy atom. The van der Waals surface area contributed by atoms with E-state index in [4.69, 9.17) is 4.74 Å². The highest BCUT2D eigenvalue weighted by Crippen LogP contribution is 2.24. The Morgan fingerprint density at radius 3 is 2.60 bits per heavy atom. The van der Waals surface area contributed by atoms with E-state index < -0.39 is 0 Å². The summed E-state index contributed by atoms with van der Waals surface area (Å²) >= 11 is 0. The molecule has 0 aromatic heterocycles. The molecule has 0 radical (unpaired) electrons. The lowest BCUT2D eigenvalue weighted by Crippen LogP contribution is -2.17. The Balaban J connectivity index is 2.24. The first-order chi connectivity index (χ1) is 9.63. The molecule has 106 valence electrons. The van der Waals surface area contributed by atoms with Crippen LogP contribution >= 0.6 is 0 Å². The molecule has 0 unspecified atom stereocenters. The highest BCUT2D eigenvalue weighted by molar-refractivity contribution is 5.49. The molecule has 20 heavy (non-hydrogen) atoms. The van der Waals surface area contributed by atoms with Gasteiger partial charge in [-0.15, -0.1) is 0 Å². The van der Waals surface area contributed by atoms with Gasteiger partial charge >= 0.3 is 0 Å². The predicted octanol–water partition coefficient (Wildman–Crippen LogP) is 3.13. The smallest absolute Gasteiger partial charge is 0.123 e. The van der Waals surface area contributed by atoms with Crippen molar-refractivity contribution in [1.82, 2.24) is 0 Å². The maximum Gasteiger partial charge on any atom is 0.123 e. The summed E-state index contributed by atoms with van der Waals surface area (Å²) in [5, 5.41) is 9.26. The van der Waals surface area contributed by atoms with Gasteiger partial charge in [-0.25, -0.2) is 0 Å². The quantitative estimate of drug-likeness (QED) is 0.907. The number of benzene rings is 2. The van der Waals surface area contributed by atoms with Gasteiger partial charge in [0.15, 0.2) is 0 Å². The first-order valence-corrected chi connectivity index (χ1v) is 6.68. The zero-order valence-electron chi connectivity index (χ0n) is 12.3. The normalized spacial score (nSPS) is 10.4. The fraction of sp³-hybridized carbons (Fsp3) is 0.294. The number of aliphatic hydroxyl groups excluding tert-OH is 1. The van der Waals surface area contributed by atoms with Crippen LogP contribution in [0.4, 0.5) is 5.69 Å². The summed E-state index contributed by atoms with van der Waals surface area (Å²) in [6.45, 7) is 2.87. The fourth-order valence-corrected chi connectivity index (χ4v) is 2.27. The Labute approximate surface area is 120 Å². The van der Waals surface area contributed by atoms with Crippen molar-refractivity contribution in [2.24, 2.45) is 0 Å². The van der Waals surface area contributed by atoms with Gasteiger partial charge in [-0.3, -0.25) is 0 Å². The summed E-state index contributed by atoms with van der Waals surface area (Å²) < 4.78 is 5.40. The molecule has 3 nitrogen and oxygen atoms in total. The maximum atomic E-state index is 9.26. The summed E-state index contributed by atoms with van der Waals surface area (Å²) in [5.74, 6) is 0.849. The molecule has 0 amide bonds. The molecule has 0 atom stereocenters. The number of hydrogen-bond acceptors (Lipinski definition) is 3. The Hall–Kier alpha value is -2.00. The van der Waals surface area contributed by atoms with Crippen molar-refractivity contribution in [3.05, 3.63) is 59.2 Å². The third kappa shape index (κ3) is 3.31. The van der Waals surface area contributed by atoms with Crippen molar-refractivity contribution in [2.75, 3.05) is 19.1 Å². The summed E-state index contributed by atoms with van der Waals surface area (Å²) in [7, 11) is 3.73. The van der Waals surface area contributed by atoms with Crippen LogP contribution in [0, 0.1) is 6.92 Å². The lowest BCUT2D eigenvalue weighted by molar-refractivity contribution is 0.281. The molecule has 2 aromatic carbocycles. The SMILES string of the molecule is COc1ccc(CO)cc1CN(C)c1cccc(C)c1. The first-order valence-electron chi connectivity index (χ1n) is 6.68. The molecule has 0 saturated heterocycles. The molecule has 0 aliphatic carbocycles. The summed E-state index contributed by atoms with van der Waals surface area (Å²) in [4.78, 5) is 2.17. The molecule has 0 aliphatic heterocycles. The lowest BCUT2D eigenvalue weighted by atomic mass is 10.1. The van der Waals surface area contributed by atoms with Crippen LogP contribution in [0.25, 0.3) is 0 Å². The van der Waals surface area contributed by atoms with E-state index in [1.54, 1.807) is 7.11 Å². The van der Waals surface area contributed by atoms with Crippen LogP contribution in [0.2, 0.25) is 0 Å². The Bertz CT molecular complexity index is 581. The van der Waals surface area contributed by atoms with E-state index >= 15 is 0 Å². The molecule has 0 aliphatic rings. The van der Waals surface area contributed by atoms with Gasteiger partial charge in [0, 0.05) is 24.8 Å². The van der Waals surface area contributed by atoms with Crippen molar-refractivity contribution in [3.63, 3.8) is 0 Å². The van der Waals surface area contributed by atoms with Crippen molar-refractivity contribution < 1.29 is 9.84 Å². The van der Waals surface area contributed by atoms with Gasteiger partial charge in [0.1, 0.15) is 5.75 Å². The lowest BCUT2D eigenvalue weighted by Gasteiger charge is -2.21. The molecule has 0 heterocycles. The van der Waals surface area contributed by atoms with E-state index in [1.807, 2.05) is 18.2 Å². The van der Waals surface area contributed by atoms with Gasteiger partial charge in [-0.1, -0.05) is 18.2 Å². The van der Waals surface area contributed by atoms with Gasteiger partial charge in [-0.05, 0) is 42.3 Å². The maximum absolute atomic E-state index is 9.26. The van der Waals surface area contributed by atoms with E-state index in [0.29, 0.717) is 0 Å². The van der Waals surface area contributed by atoms with Crippen molar-refractivity contribution in [2.45, 2.75) is 20.1 Å². The van der Waals surface area contributed by atoms with Gasteiger partial charge in [-0.2, -0.15) is 0 Å². The second-order valence-corrected chi connectivity index (χ2v) is 5.00. The molecular formula is C17H21NO2. The summed E-state index contributed by atoms with van der Waals surface area (Å²) in [5.41, 5.74) is 4.38. The predicted molar refractivity (Wildman–Crippen MR) is 82.2 cm³/mol. The molecule has 1 N–H and O–H groups in total. The third-order valence-electron chi connectivity index (χ3n) is 3.38. The fourth-order valence-electron chi connectivity index (χ4n) is 2.27. The molecule has 3 heteroatoms.